The van der Waals surface area contributed by atoms with E-state index in [-0.39, 0.29) is 5.69 Å². The van der Waals surface area contributed by atoms with Gasteiger partial charge >= 0.3 is 5.69 Å². The van der Waals surface area contributed by atoms with Crippen molar-refractivity contribution in [3.05, 3.63) is 22.5 Å². The molecule has 1 heterocycles. The second-order valence-electron chi connectivity index (χ2n) is 2.62. The van der Waals surface area contributed by atoms with Crippen molar-refractivity contribution in [2.45, 2.75) is 13.0 Å². The van der Waals surface area contributed by atoms with E-state index in [1.54, 1.807) is 0 Å². The van der Waals surface area contributed by atoms with E-state index in [4.69, 9.17) is 5.84 Å². The van der Waals surface area contributed by atoms with E-state index in [0.717, 1.165) is 6.20 Å². The van der Waals surface area contributed by atoms with Crippen LogP contribution in [-0.2, 0) is 4.79 Å². The Morgan fingerprint density at radius 3 is 2.93 bits per heavy atom. The molecule has 0 aliphatic heterocycles. The number of hydrazine groups is 1. The molecule has 0 fully saturated rings. The van der Waals surface area contributed by atoms with E-state index in [9.17, 15) is 14.9 Å². The molecule has 0 spiro atoms. The number of rotatable bonds is 3. The van der Waals surface area contributed by atoms with Gasteiger partial charge in [0.1, 0.15) is 18.4 Å². The Labute approximate surface area is 78.8 Å². The van der Waals surface area contributed by atoms with Gasteiger partial charge in [0.15, 0.2) is 0 Å². The summed E-state index contributed by atoms with van der Waals surface area (Å²) in [6, 6.07) is -0.673. The van der Waals surface area contributed by atoms with Gasteiger partial charge in [0, 0.05) is 0 Å². The fourth-order valence-electron chi connectivity index (χ4n) is 0.875. The SMILES string of the molecule is C[C@@H](C(=O)NN)n1cc([N+](=O)[O-])cn1. The molecule has 0 radical (unpaired) electrons. The van der Waals surface area contributed by atoms with Crippen molar-refractivity contribution in [1.82, 2.24) is 15.2 Å². The van der Waals surface area contributed by atoms with Crippen molar-refractivity contribution in [2.24, 2.45) is 5.84 Å². The third-order valence-electron chi connectivity index (χ3n) is 1.72. The van der Waals surface area contributed by atoms with Gasteiger partial charge in [-0.2, -0.15) is 5.10 Å². The molecule has 0 saturated heterocycles. The van der Waals surface area contributed by atoms with Crippen LogP contribution < -0.4 is 11.3 Å². The molecule has 8 heteroatoms. The van der Waals surface area contributed by atoms with E-state index in [2.05, 4.69) is 5.10 Å². The number of nitrogens with two attached hydrogens (primary N) is 1. The highest BCUT2D eigenvalue weighted by atomic mass is 16.6. The topological polar surface area (TPSA) is 116 Å². The Balaban J connectivity index is 2.86. The number of hydrogen-bond donors (Lipinski definition) is 2. The summed E-state index contributed by atoms with van der Waals surface area (Å²) in [5.74, 6) is 4.43. The van der Waals surface area contributed by atoms with Crippen molar-refractivity contribution in [2.75, 3.05) is 0 Å². The zero-order chi connectivity index (χ0) is 10.7. The molecule has 3 N–H and O–H groups in total. The Hall–Kier alpha value is -1.96. The first-order valence-electron chi connectivity index (χ1n) is 3.75. The Morgan fingerprint density at radius 2 is 2.50 bits per heavy atom. The molecule has 1 aromatic heterocycles. The molecular formula is C6H9N5O3. The molecule has 14 heavy (non-hydrogen) atoms. The number of nitrogens with zero attached hydrogens (tertiary/aromatic N) is 3. The molecule has 0 saturated carbocycles. The first-order chi connectivity index (χ1) is 6.56. The van der Waals surface area contributed by atoms with E-state index in [1.807, 2.05) is 5.43 Å². The van der Waals surface area contributed by atoms with Crippen LogP contribution >= 0.6 is 0 Å². The molecule has 0 bridgehead atoms. The molecule has 1 amide bonds. The lowest BCUT2D eigenvalue weighted by Crippen LogP contribution is -2.36. The van der Waals surface area contributed by atoms with E-state index in [1.165, 1.54) is 17.8 Å². The van der Waals surface area contributed by atoms with Crippen LogP contribution in [0.4, 0.5) is 5.69 Å². The van der Waals surface area contributed by atoms with Gasteiger partial charge in [-0.15, -0.1) is 0 Å². The number of aromatic nitrogens is 2. The highest BCUT2D eigenvalue weighted by Crippen LogP contribution is 2.12. The molecule has 0 aliphatic rings. The molecule has 0 aliphatic carbocycles. The van der Waals surface area contributed by atoms with Crippen LogP contribution in [0.5, 0.6) is 0 Å². The third-order valence-corrected chi connectivity index (χ3v) is 1.72. The molecular weight excluding hydrogens is 190 g/mol. The molecule has 1 atom stereocenters. The predicted octanol–water partition coefficient (Wildman–Crippen LogP) is -0.658. The predicted molar refractivity (Wildman–Crippen MR) is 45.9 cm³/mol. The zero-order valence-corrected chi connectivity index (χ0v) is 7.38. The fraction of sp³-hybridized carbons (Fsp3) is 0.333. The van der Waals surface area contributed by atoms with E-state index < -0.39 is 16.9 Å². The maximum Gasteiger partial charge on any atom is 0.307 e. The molecule has 0 aromatic carbocycles. The van der Waals surface area contributed by atoms with Crippen LogP contribution in [-0.4, -0.2) is 20.6 Å². The fourth-order valence-corrected chi connectivity index (χ4v) is 0.875. The van der Waals surface area contributed by atoms with Crippen LogP contribution in [0.1, 0.15) is 13.0 Å². The number of carbonyl (C=O) groups is 1. The molecule has 0 unspecified atom stereocenters. The van der Waals surface area contributed by atoms with Gasteiger partial charge in [0.05, 0.1) is 4.92 Å². The second-order valence-corrected chi connectivity index (χ2v) is 2.62. The summed E-state index contributed by atoms with van der Waals surface area (Å²) in [5.41, 5.74) is 1.77. The number of nitro groups is 1. The van der Waals surface area contributed by atoms with Crippen molar-refractivity contribution in [1.29, 1.82) is 0 Å². The summed E-state index contributed by atoms with van der Waals surface area (Å²) in [4.78, 5) is 20.7. The lowest BCUT2D eigenvalue weighted by molar-refractivity contribution is -0.385. The van der Waals surface area contributed by atoms with Crippen molar-refractivity contribution in [3.63, 3.8) is 0 Å². The van der Waals surface area contributed by atoms with Gasteiger partial charge < -0.3 is 0 Å². The molecule has 1 aromatic rings. The quantitative estimate of drug-likeness (QED) is 0.290. The normalized spacial score (nSPS) is 12.1. The second kappa shape index (κ2) is 3.83. The monoisotopic (exact) mass is 199 g/mol. The van der Waals surface area contributed by atoms with Crippen molar-refractivity contribution < 1.29 is 9.72 Å². The zero-order valence-electron chi connectivity index (χ0n) is 7.38. The van der Waals surface area contributed by atoms with Gasteiger partial charge in [-0.3, -0.25) is 25.0 Å². The highest BCUT2D eigenvalue weighted by Gasteiger charge is 2.17. The number of carbonyl (C=O) groups excluding carboxylic acids is 1. The van der Waals surface area contributed by atoms with E-state index >= 15 is 0 Å². The van der Waals surface area contributed by atoms with E-state index in [0.29, 0.717) is 0 Å². The van der Waals surface area contributed by atoms with Crippen LogP contribution in [0.25, 0.3) is 0 Å². The summed E-state index contributed by atoms with van der Waals surface area (Å²) < 4.78 is 1.17. The Kier molecular flexibility index (Phi) is 2.77. The number of hydrogen-bond acceptors (Lipinski definition) is 5. The highest BCUT2D eigenvalue weighted by molar-refractivity contribution is 5.79. The summed E-state index contributed by atoms with van der Waals surface area (Å²) in [7, 11) is 0. The Morgan fingerprint density at radius 1 is 1.86 bits per heavy atom. The van der Waals surface area contributed by atoms with Gasteiger partial charge in [0.25, 0.3) is 5.91 Å². The lowest BCUT2D eigenvalue weighted by Gasteiger charge is -2.08. The smallest absolute Gasteiger partial charge is 0.292 e. The first-order valence-corrected chi connectivity index (χ1v) is 3.75. The third kappa shape index (κ3) is 1.85. The molecule has 1 rings (SSSR count). The van der Waals surface area contributed by atoms with Crippen LogP contribution in [0, 0.1) is 10.1 Å². The minimum Gasteiger partial charge on any atom is -0.292 e. The maximum atomic E-state index is 11.0. The average molecular weight is 199 g/mol. The Bertz CT molecular complexity index is 360. The largest absolute Gasteiger partial charge is 0.307 e. The summed E-state index contributed by atoms with van der Waals surface area (Å²) >= 11 is 0. The number of nitrogens with one attached hydrogen (secondary N) is 1. The van der Waals surface area contributed by atoms with Crippen molar-refractivity contribution >= 4 is 11.6 Å². The average Bonchev–Trinajstić information content (AvgIpc) is 2.64. The van der Waals surface area contributed by atoms with Gasteiger partial charge in [-0.1, -0.05) is 0 Å². The van der Waals surface area contributed by atoms with Gasteiger partial charge in [-0.25, -0.2) is 5.84 Å². The van der Waals surface area contributed by atoms with Gasteiger partial charge in [-0.05, 0) is 6.92 Å². The minimum absolute atomic E-state index is 0.165. The molecule has 76 valence electrons. The standard InChI is InChI=1S/C6H9N5O3/c1-4(6(12)9-7)10-3-5(2-8-10)11(13)14/h2-4H,7H2,1H3,(H,9,12)/t4-/m0/s1. The minimum atomic E-state index is -0.673. The molecule has 8 nitrogen and oxygen atoms in total. The van der Waals surface area contributed by atoms with Crippen molar-refractivity contribution in [3.8, 4) is 0 Å². The summed E-state index contributed by atoms with van der Waals surface area (Å²) in [5, 5.41) is 14.0. The summed E-state index contributed by atoms with van der Waals surface area (Å²) in [6.45, 7) is 1.53. The van der Waals surface area contributed by atoms with Crippen LogP contribution in [0.3, 0.4) is 0 Å². The van der Waals surface area contributed by atoms with Crippen LogP contribution in [0.2, 0.25) is 0 Å². The summed E-state index contributed by atoms with van der Waals surface area (Å²) in [6.07, 6.45) is 2.24. The lowest BCUT2D eigenvalue weighted by atomic mass is 10.3. The maximum absolute atomic E-state index is 11.0. The van der Waals surface area contributed by atoms with Crippen LogP contribution in [0.15, 0.2) is 12.4 Å². The first kappa shape index (κ1) is 10.1. The number of amides is 1. The van der Waals surface area contributed by atoms with Gasteiger partial charge in [0.2, 0.25) is 0 Å².